The third kappa shape index (κ3) is 2.79. The zero-order valence-corrected chi connectivity index (χ0v) is 11.1. The van der Waals surface area contributed by atoms with Gasteiger partial charge in [-0.15, -0.1) is 11.3 Å². The quantitative estimate of drug-likeness (QED) is 0.643. The van der Waals surface area contributed by atoms with Gasteiger partial charge in [-0.05, 0) is 17.9 Å². The Morgan fingerprint density at radius 2 is 2.37 bits per heavy atom. The first-order chi connectivity index (χ1) is 9.13. The topological polar surface area (TPSA) is 107 Å². The first-order valence-electron chi connectivity index (χ1n) is 5.68. The van der Waals surface area contributed by atoms with Crippen molar-refractivity contribution in [2.45, 2.75) is 19.4 Å². The third-order valence-electron chi connectivity index (χ3n) is 2.64. The van der Waals surface area contributed by atoms with E-state index >= 15 is 0 Å². The zero-order chi connectivity index (χ0) is 13.8. The van der Waals surface area contributed by atoms with Crippen molar-refractivity contribution < 1.29 is 4.92 Å². The van der Waals surface area contributed by atoms with Crippen LogP contribution < -0.4 is 11.1 Å². The standard InChI is InChI=1S/C11H13N5O2S/c1-2-7(8-4-3-5-19-8)15-11-9(16(17)18)10(12)13-6-14-11/h3-7H,2H2,1H3,(H3,12,13,14,15). The summed E-state index contributed by atoms with van der Waals surface area (Å²) < 4.78 is 0. The fraction of sp³-hybridized carbons (Fsp3) is 0.273. The second-order valence-corrected chi connectivity index (χ2v) is 4.81. The van der Waals surface area contributed by atoms with Crippen molar-refractivity contribution in [3.63, 3.8) is 0 Å². The maximum Gasteiger partial charge on any atom is 0.353 e. The van der Waals surface area contributed by atoms with Crippen molar-refractivity contribution in [1.82, 2.24) is 9.97 Å². The molecule has 0 spiro atoms. The van der Waals surface area contributed by atoms with Crippen LogP contribution in [0.25, 0.3) is 0 Å². The molecule has 0 bridgehead atoms. The molecule has 0 aromatic carbocycles. The van der Waals surface area contributed by atoms with Crippen LogP contribution in [-0.4, -0.2) is 14.9 Å². The van der Waals surface area contributed by atoms with E-state index in [1.54, 1.807) is 11.3 Å². The molecular formula is C11H13N5O2S. The van der Waals surface area contributed by atoms with E-state index in [9.17, 15) is 10.1 Å². The van der Waals surface area contributed by atoms with E-state index in [-0.39, 0.29) is 23.4 Å². The first kappa shape index (κ1) is 13.2. The molecule has 3 N–H and O–H groups in total. The van der Waals surface area contributed by atoms with Gasteiger partial charge in [0.25, 0.3) is 0 Å². The summed E-state index contributed by atoms with van der Waals surface area (Å²) in [5.41, 5.74) is 5.25. The summed E-state index contributed by atoms with van der Waals surface area (Å²) in [5.74, 6) is 0.0151. The summed E-state index contributed by atoms with van der Waals surface area (Å²) in [6, 6.07) is 3.88. The molecule has 100 valence electrons. The Bertz CT molecular complexity index is 572. The predicted octanol–water partition coefficient (Wildman–Crippen LogP) is 2.59. The summed E-state index contributed by atoms with van der Waals surface area (Å²) in [4.78, 5) is 19.1. The molecule has 0 saturated heterocycles. The highest BCUT2D eigenvalue weighted by Gasteiger charge is 2.23. The number of nitrogens with two attached hydrogens (primary N) is 1. The van der Waals surface area contributed by atoms with Crippen molar-refractivity contribution in [2.24, 2.45) is 0 Å². The van der Waals surface area contributed by atoms with Gasteiger partial charge in [0, 0.05) is 4.88 Å². The zero-order valence-electron chi connectivity index (χ0n) is 10.2. The molecule has 0 amide bonds. The van der Waals surface area contributed by atoms with Crippen LogP contribution in [-0.2, 0) is 0 Å². The van der Waals surface area contributed by atoms with Gasteiger partial charge in [-0.25, -0.2) is 9.97 Å². The average molecular weight is 279 g/mol. The molecule has 2 heterocycles. The van der Waals surface area contributed by atoms with Crippen LogP contribution in [0, 0.1) is 10.1 Å². The lowest BCUT2D eigenvalue weighted by atomic mass is 10.2. The maximum atomic E-state index is 11.0. The number of thiophene rings is 1. The van der Waals surface area contributed by atoms with Gasteiger partial charge < -0.3 is 11.1 Å². The van der Waals surface area contributed by atoms with Gasteiger partial charge in [0.1, 0.15) is 6.33 Å². The molecule has 2 aromatic rings. The largest absolute Gasteiger partial charge is 0.378 e. The summed E-state index contributed by atoms with van der Waals surface area (Å²) in [6.45, 7) is 1.99. The number of rotatable bonds is 5. The molecule has 8 heteroatoms. The van der Waals surface area contributed by atoms with Gasteiger partial charge in [0.15, 0.2) is 0 Å². The lowest BCUT2D eigenvalue weighted by Crippen LogP contribution is -2.12. The van der Waals surface area contributed by atoms with E-state index in [4.69, 9.17) is 5.73 Å². The van der Waals surface area contributed by atoms with Crippen LogP contribution >= 0.6 is 11.3 Å². The minimum atomic E-state index is -0.571. The molecule has 19 heavy (non-hydrogen) atoms. The van der Waals surface area contributed by atoms with Crippen LogP contribution in [0.15, 0.2) is 23.8 Å². The second kappa shape index (κ2) is 5.61. The van der Waals surface area contributed by atoms with Crippen molar-refractivity contribution in [3.05, 3.63) is 38.8 Å². The van der Waals surface area contributed by atoms with Crippen molar-refractivity contribution in [2.75, 3.05) is 11.1 Å². The lowest BCUT2D eigenvalue weighted by Gasteiger charge is -2.16. The van der Waals surface area contributed by atoms with Gasteiger partial charge >= 0.3 is 5.69 Å². The highest BCUT2D eigenvalue weighted by Crippen LogP contribution is 2.31. The fourth-order valence-electron chi connectivity index (χ4n) is 1.71. The van der Waals surface area contributed by atoms with Gasteiger partial charge in [0.2, 0.25) is 11.6 Å². The van der Waals surface area contributed by atoms with Crippen molar-refractivity contribution in [1.29, 1.82) is 0 Å². The van der Waals surface area contributed by atoms with E-state index in [1.807, 2.05) is 24.4 Å². The summed E-state index contributed by atoms with van der Waals surface area (Å²) in [5, 5.41) is 16.0. The minimum absolute atomic E-state index is 0.0343. The Hall–Kier alpha value is -2.22. The number of hydrogen-bond donors (Lipinski definition) is 2. The monoisotopic (exact) mass is 279 g/mol. The van der Waals surface area contributed by atoms with E-state index < -0.39 is 4.92 Å². The number of nitro groups is 1. The van der Waals surface area contributed by atoms with Gasteiger partial charge in [-0.2, -0.15) is 0 Å². The summed E-state index contributed by atoms with van der Waals surface area (Å²) in [6.07, 6.45) is 1.99. The number of nitrogen functional groups attached to an aromatic ring is 1. The van der Waals surface area contributed by atoms with Crippen LogP contribution in [0.1, 0.15) is 24.3 Å². The van der Waals surface area contributed by atoms with Gasteiger partial charge in [0.05, 0.1) is 11.0 Å². The van der Waals surface area contributed by atoms with E-state index in [1.165, 1.54) is 6.33 Å². The summed E-state index contributed by atoms with van der Waals surface area (Å²) in [7, 11) is 0. The van der Waals surface area contributed by atoms with Crippen molar-refractivity contribution >= 4 is 28.7 Å². The van der Waals surface area contributed by atoms with Crippen LogP contribution in [0.4, 0.5) is 17.3 Å². The number of hydrogen-bond acceptors (Lipinski definition) is 7. The number of aromatic nitrogens is 2. The third-order valence-corrected chi connectivity index (χ3v) is 3.62. The van der Waals surface area contributed by atoms with E-state index in [0.29, 0.717) is 0 Å². The smallest absolute Gasteiger partial charge is 0.353 e. The molecule has 0 radical (unpaired) electrons. The summed E-state index contributed by atoms with van der Waals surface area (Å²) >= 11 is 1.59. The molecule has 1 atom stereocenters. The number of nitrogens with one attached hydrogen (secondary N) is 1. The molecule has 2 rings (SSSR count). The SMILES string of the molecule is CCC(Nc1ncnc(N)c1[N+](=O)[O-])c1cccs1. The Balaban J connectivity index is 2.32. The van der Waals surface area contributed by atoms with E-state index in [0.717, 1.165) is 11.3 Å². The molecule has 7 nitrogen and oxygen atoms in total. The number of nitrogens with zero attached hydrogens (tertiary/aromatic N) is 3. The van der Waals surface area contributed by atoms with Crippen LogP contribution in [0.5, 0.6) is 0 Å². The fourth-order valence-corrected chi connectivity index (χ4v) is 2.57. The Morgan fingerprint density at radius 1 is 1.58 bits per heavy atom. The molecule has 0 aliphatic heterocycles. The normalized spacial score (nSPS) is 12.1. The second-order valence-electron chi connectivity index (χ2n) is 3.83. The molecule has 0 aliphatic rings. The lowest BCUT2D eigenvalue weighted by molar-refractivity contribution is -0.383. The molecule has 1 unspecified atom stereocenters. The first-order valence-corrected chi connectivity index (χ1v) is 6.56. The molecule has 0 aliphatic carbocycles. The van der Waals surface area contributed by atoms with Crippen LogP contribution in [0.2, 0.25) is 0 Å². The molecule has 0 saturated carbocycles. The van der Waals surface area contributed by atoms with Gasteiger partial charge in [-0.1, -0.05) is 13.0 Å². The van der Waals surface area contributed by atoms with Crippen LogP contribution in [0.3, 0.4) is 0 Å². The maximum absolute atomic E-state index is 11.0. The minimum Gasteiger partial charge on any atom is -0.378 e. The Morgan fingerprint density at radius 3 is 2.95 bits per heavy atom. The number of anilines is 2. The highest BCUT2D eigenvalue weighted by atomic mass is 32.1. The Kier molecular flexibility index (Phi) is 3.91. The van der Waals surface area contributed by atoms with E-state index in [2.05, 4.69) is 15.3 Å². The molecular weight excluding hydrogens is 266 g/mol. The van der Waals surface area contributed by atoms with Crippen molar-refractivity contribution in [3.8, 4) is 0 Å². The average Bonchev–Trinajstić information content (AvgIpc) is 2.89. The highest BCUT2D eigenvalue weighted by molar-refractivity contribution is 7.10. The molecule has 2 aromatic heterocycles. The molecule has 0 fully saturated rings. The van der Waals surface area contributed by atoms with Gasteiger partial charge in [-0.3, -0.25) is 10.1 Å². The predicted molar refractivity (Wildman–Crippen MR) is 74.1 cm³/mol. The Labute approximate surface area is 113 Å².